The topological polar surface area (TPSA) is 46.2 Å². The lowest BCUT2D eigenvalue weighted by Crippen LogP contribution is -2.37. The van der Waals surface area contributed by atoms with Crippen LogP contribution in [0.3, 0.4) is 0 Å². The molecule has 1 aliphatic carbocycles. The molecule has 2 fully saturated rings. The standard InChI is InChI=1S/C9H16O5/c1-2-4-6-9(5-3-1)13-11-7-10-8-12-14-9/h1-8H2. The summed E-state index contributed by atoms with van der Waals surface area (Å²) in [5, 5.41) is 0. The highest BCUT2D eigenvalue weighted by molar-refractivity contribution is 4.71. The molecule has 1 aliphatic heterocycles. The van der Waals surface area contributed by atoms with Gasteiger partial charge in [0.25, 0.3) is 0 Å². The first-order valence-electron chi connectivity index (χ1n) is 5.10. The molecule has 0 unspecified atom stereocenters. The summed E-state index contributed by atoms with van der Waals surface area (Å²) < 4.78 is 4.85. The fourth-order valence-electron chi connectivity index (χ4n) is 1.81. The predicted molar refractivity (Wildman–Crippen MR) is 45.6 cm³/mol. The Labute approximate surface area is 83.1 Å². The van der Waals surface area contributed by atoms with Crippen LogP contribution >= 0.6 is 0 Å². The zero-order valence-electron chi connectivity index (χ0n) is 8.20. The van der Waals surface area contributed by atoms with E-state index in [1.807, 2.05) is 0 Å². The molecule has 0 aromatic rings. The van der Waals surface area contributed by atoms with Crippen molar-refractivity contribution in [3.63, 3.8) is 0 Å². The summed E-state index contributed by atoms with van der Waals surface area (Å²) in [6.45, 7) is 0.177. The number of rotatable bonds is 0. The SMILES string of the molecule is C1CCCC2(CC1)OOCOCOO2. The molecule has 1 heterocycles. The average molecular weight is 204 g/mol. The van der Waals surface area contributed by atoms with Crippen LogP contribution in [0, 0.1) is 0 Å². The first-order valence-corrected chi connectivity index (χ1v) is 5.10. The van der Waals surface area contributed by atoms with Crippen LogP contribution < -0.4 is 0 Å². The first-order chi connectivity index (χ1) is 6.91. The van der Waals surface area contributed by atoms with Gasteiger partial charge >= 0.3 is 0 Å². The van der Waals surface area contributed by atoms with E-state index in [0.29, 0.717) is 0 Å². The van der Waals surface area contributed by atoms with E-state index in [-0.39, 0.29) is 13.6 Å². The fourth-order valence-corrected chi connectivity index (χ4v) is 1.81. The first kappa shape index (κ1) is 10.3. The largest absolute Gasteiger partial charge is 0.323 e. The minimum atomic E-state index is -0.708. The Bertz CT molecular complexity index is 155. The zero-order valence-corrected chi connectivity index (χ0v) is 8.20. The smallest absolute Gasteiger partial charge is 0.234 e. The molecule has 0 bridgehead atoms. The second kappa shape index (κ2) is 5.04. The lowest BCUT2D eigenvalue weighted by molar-refractivity contribution is -0.557. The van der Waals surface area contributed by atoms with Crippen molar-refractivity contribution in [2.24, 2.45) is 0 Å². The van der Waals surface area contributed by atoms with Crippen molar-refractivity contribution in [3.05, 3.63) is 0 Å². The van der Waals surface area contributed by atoms with E-state index in [1.54, 1.807) is 0 Å². The summed E-state index contributed by atoms with van der Waals surface area (Å²) in [6, 6.07) is 0. The molecule has 1 saturated carbocycles. The third-order valence-electron chi connectivity index (χ3n) is 2.55. The predicted octanol–water partition coefficient (Wildman–Crippen LogP) is 1.88. The molecule has 5 nitrogen and oxygen atoms in total. The van der Waals surface area contributed by atoms with Crippen LogP contribution in [0.5, 0.6) is 0 Å². The van der Waals surface area contributed by atoms with Crippen molar-refractivity contribution in [3.8, 4) is 0 Å². The molecule has 0 aromatic carbocycles. The molecule has 0 aromatic heterocycles. The van der Waals surface area contributed by atoms with Crippen molar-refractivity contribution in [2.75, 3.05) is 13.6 Å². The van der Waals surface area contributed by atoms with Crippen LogP contribution in [0.1, 0.15) is 38.5 Å². The molecule has 1 saturated heterocycles. The summed E-state index contributed by atoms with van der Waals surface area (Å²) in [5.41, 5.74) is 0. The van der Waals surface area contributed by atoms with E-state index in [0.717, 1.165) is 25.7 Å². The van der Waals surface area contributed by atoms with Crippen molar-refractivity contribution >= 4 is 0 Å². The highest BCUT2D eigenvalue weighted by atomic mass is 17.3. The molecule has 14 heavy (non-hydrogen) atoms. The monoisotopic (exact) mass is 204 g/mol. The lowest BCUT2D eigenvalue weighted by Gasteiger charge is -2.30. The Hall–Kier alpha value is -0.200. The summed E-state index contributed by atoms with van der Waals surface area (Å²) in [7, 11) is 0. The van der Waals surface area contributed by atoms with E-state index < -0.39 is 5.79 Å². The molecule has 1 spiro atoms. The van der Waals surface area contributed by atoms with Crippen molar-refractivity contribution in [1.29, 1.82) is 0 Å². The maximum absolute atomic E-state index is 5.22. The summed E-state index contributed by atoms with van der Waals surface area (Å²) >= 11 is 0. The molecule has 0 amide bonds. The van der Waals surface area contributed by atoms with Crippen molar-refractivity contribution in [1.82, 2.24) is 0 Å². The van der Waals surface area contributed by atoms with Crippen LogP contribution in [0.4, 0.5) is 0 Å². The molecular weight excluding hydrogens is 188 g/mol. The Balaban J connectivity index is 1.94. The summed E-state index contributed by atoms with van der Waals surface area (Å²) in [5.74, 6) is -0.708. The van der Waals surface area contributed by atoms with Gasteiger partial charge in [0.2, 0.25) is 5.79 Å². The van der Waals surface area contributed by atoms with E-state index in [4.69, 9.17) is 24.3 Å². The van der Waals surface area contributed by atoms with Gasteiger partial charge in [0.1, 0.15) is 0 Å². The highest BCUT2D eigenvalue weighted by Gasteiger charge is 2.37. The van der Waals surface area contributed by atoms with Crippen LogP contribution in [-0.4, -0.2) is 19.4 Å². The normalized spacial score (nSPS) is 29.1. The second-order valence-corrected chi connectivity index (χ2v) is 3.67. The van der Waals surface area contributed by atoms with Gasteiger partial charge in [-0.1, -0.05) is 12.8 Å². The Morgan fingerprint density at radius 3 is 1.86 bits per heavy atom. The maximum Gasteiger partial charge on any atom is 0.234 e. The lowest BCUT2D eigenvalue weighted by atomic mass is 10.1. The number of hydrogen-bond donors (Lipinski definition) is 0. The molecular formula is C9H16O5. The van der Waals surface area contributed by atoms with E-state index in [2.05, 4.69) is 0 Å². The fraction of sp³-hybridized carbons (Fsp3) is 1.00. The molecule has 2 aliphatic rings. The molecule has 82 valence electrons. The molecule has 5 heteroatoms. The summed E-state index contributed by atoms with van der Waals surface area (Å²) in [6.07, 6.45) is 6.21. The maximum atomic E-state index is 5.22. The third kappa shape index (κ3) is 2.65. The minimum Gasteiger partial charge on any atom is -0.323 e. The Morgan fingerprint density at radius 1 is 0.714 bits per heavy atom. The van der Waals surface area contributed by atoms with Gasteiger partial charge in [-0.2, -0.15) is 9.78 Å². The average Bonchev–Trinajstić information content (AvgIpc) is 2.38. The minimum absolute atomic E-state index is 0.0884. The highest BCUT2D eigenvalue weighted by Crippen LogP contribution is 2.32. The van der Waals surface area contributed by atoms with Gasteiger partial charge in [0.05, 0.1) is 0 Å². The van der Waals surface area contributed by atoms with Crippen molar-refractivity contribution < 1.29 is 24.3 Å². The zero-order chi connectivity index (χ0) is 9.69. The Kier molecular flexibility index (Phi) is 3.72. The van der Waals surface area contributed by atoms with Gasteiger partial charge in [0, 0.05) is 12.8 Å². The quantitative estimate of drug-likeness (QED) is 0.564. The molecule has 2 rings (SSSR count). The van der Waals surface area contributed by atoms with E-state index >= 15 is 0 Å². The Morgan fingerprint density at radius 2 is 1.29 bits per heavy atom. The van der Waals surface area contributed by atoms with E-state index in [1.165, 1.54) is 12.8 Å². The van der Waals surface area contributed by atoms with Gasteiger partial charge in [-0.3, -0.25) is 0 Å². The second-order valence-electron chi connectivity index (χ2n) is 3.67. The molecule has 0 N–H and O–H groups in total. The van der Waals surface area contributed by atoms with Gasteiger partial charge in [0.15, 0.2) is 13.6 Å². The third-order valence-corrected chi connectivity index (χ3v) is 2.55. The number of ether oxygens (including phenoxy) is 1. The van der Waals surface area contributed by atoms with Gasteiger partial charge in [-0.05, 0) is 12.8 Å². The van der Waals surface area contributed by atoms with E-state index in [9.17, 15) is 0 Å². The molecule has 0 atom stereocenters. The van der Waals surface area contributed by atoms with Gasteiger partial charge in [-0.25, -0.2) is 9.78 Å². The van der Waals surface area contributed by atoms with Crippen LogP contribution in [0.2, 0.25) is 0 Å². The number of hydrogen-bond acceptors (Lipinski definition) is 5. The summed E-state index contributed by atoms with van der Waals surface area (Å²) in [4.78, 5) is 20.2. The molecule has 0 radical (unpaired) electrons. The van der Waals surface area contributed by atoms with Crippen LogP contribution in [0.15, 0.2) is 0 Å². The van der Waals surface area contributed by atoms with Crippen molar-refractivity contribution in [2.45, 2.75) is 44.3 Å². The van der Waals surface area contributed by atoms with Gasteiger partial charge < -0.3 is 4.74 Å². The van der Waals surface area contributed by atoms with Crippen LogP contribution in [0.25, 0.3) is 0 Å². The van der Waals surface area contributed by atoms with Crippen LogP contribution in [-0.2, 0) is 24.3 Å². The van der Waals surface area contributed by atoms with Gasteiger partial charge in [-0.15, -0.1) is 0 Å².